The van der Waals surface area contributed by atoms with Gasteiger partial charge in [-0.1, -0.05) is 6.07 Å². The lowest BCUT2D eigenvalue weighted by Crippen LogP contribution is -2.37. The molecule has 1 aliphatic rings. The van der Waals surface area contributed by atoms with Crippen LogP contribution >= 0.6 is 12.4 Å². The fourth-order valence-corrected chi connectivity index (χ4v) is 3.78. The van der Waals surface area contributed by atoms with E-state index in [-0.39, 0.29) is 23.2 Å². The summed E-state index contributed by atoms with van der Waals surface area (Å²) in [5.41, 5.74) is 6.42. The van der Waals surface area contributed by atoms with Crippen molar-refractivity contribution in [2.75, 3.05) is 17.1 Å². The van der Waals surface area contributed by atoms with Gasteiger partial charge < -0.3 is 15.8 Å². The van der Waals surface area contributed by atoms with Crippen molar-refractivity contribution in [3.8, 4) is 5.75 Å². The smallest absolute Gasteiger partial charge is 0.262 e. The summed E-state index contributed by atoms with van der Waals surface area (Å²) in [6.07, 6.45) is 1.27. The highest BCUT2D eigenvalue weighted by molar-refractivity contribution is 7.92. The highest BCUT2D eigenvalue weighted by Crippen LogP contribution is 2.33. The van der Waals surface area contributed by atoms with Gasteiger partial charge in [0.1, 0.15) is 5.75 Å². The maximum Gasteiger partial charge on any atom is 0.262 e. The van der Waals surface area contributed by atoms with Gasteiger partial charge in [0.2, 0.25) is 5.91 Å². The molecule has 1 fully saturated rings. The summed E-state index contributed by atoms with van der Waals surface area (Å²) in [6, 6.07) is 11.3. The number of nitrogens with two attached hydrogens (primary N) is 1. The van der Waals surface area contributed by atoms with E-state index in [0.717, 1.165) is 0 Å². The molecule has 0 heterocycles. The predicted octanol–water partition coefficient (Wildman–Crippen LogP) is 2.66. The summed E-state index contributed by atoms with van der Waals surface area (Å²) in [5.74, 6) is 0.331. The third kappa shape index (κ3) is 4.71. The van der Waals surface area contributed by atoms with Gasteiger partial charge in [0.05, 0.1) is 17.5 Å². The Bertz CT molecular complexity index is 942. The van der Waals surface area contributed by atoms with Gasteiger partial charge in [-0.2, -0.15) is 0 Å². The first-order valence-corrected chi connectivity index (χ1v) is 9.60. The van der Waals surface area contributed by atoms with Crippen molar-refractivity contribution in [2.45, 2.75) is 30.2 Å². The van der Waals surface area contributed by atoms with E-state index in [1.807, 2.05) is 0 Å². The molecular formula is C18H22ClN3O4S. The van der Waals surface area contributed by atoms with Crippen LogP contribution in [0.15, 0.2) is 47.4 Å². The molecule has 2 aromatic rings. The fraction of sp³-hybridized carbons (Fsp3) is 0.278. The molecule has 4 N–H and O–H groups in total. The molecule has 0 spiro atoms. The van der Waals surface area contributed by atoms with E-state index < -0.39 is 15.6 Å². The summed E-state index contributed by atoms with van der Waals surface area (Å²) in [7, 11) is -2.28. The number of sulfonamides is 1. The second kappa shape index (κ2) is 7.75. The minimum atomic E-state index is -3.82. The molecule has 2 aromatic carbocycles. The number of halogens is 1. The van der Waals surface area contributed by atoms with Crippen LogP contribution in [0, 0.1) is 6.92 Å². The SMILES string of the molecule is COc1ccc(NS(=O)(=O)c2cc(NC(=O)C3(N)CC3)ccc2C)cc1.Cl. The molecule has 1 amide bonds. The maximum atomic E-state index is 12.7. The van der Waals surface area contributed by atoms with Crippen molar-refractivity contribution in [2.24, 2.45) is 5.73 Å². The molecule has 1 aliphatic carbocycles. The average Bonchev–Trinajstić information content (AvgIpc) is 3.36. The molecule has 9 heteroatoms. The Kier molecular flexibility index (Phi) is 6.04. The van der Waals surface area contributed by atoms with E-state index in [0.29, 0.717) is 35.5 Å². The van der Waals surface area contributed by atoms with Crippen LogP contribution in [0.3, 0.4) is 0 Å². The Balaban J connectivity index is 0.00000261. The Labute approximate surface area is 164 Å². The van der Waals surface area contributed by atoms with Crippen LogP contribution in [-0.4, -0.2) is 27.0 Å². The summed E-state index contributed by atoms with van der Waals surface area (Å²) in [4.78, 5) is 12.2. The summed E-state index contributed by atoms with van der Waals surface area (Å²) in [5, 5.41) is 2.69. The van der Waals surface area contributed by atoms with Crippen molar-refractivity contribution < 1.29 is 17.9 Å². The highest BCUT2D eigenvalue weighted by Gasteiger charge is 2.46. The summed E-state index contributed by atoms with van der Waals surface area (Å²) < 4.78 is 33.1. The second-order valence-electron chi connectivity index (χ2n) is 6.42. The van der Waals surface area contributed by atoms with E-state index >= 15 is 0 Å². The molecule has 0 radical (unpaired) electrons. The van der Waals surface area contributed by atoms with Crippen molar-refractivity contribution in [3.05, 3.63) is 48.0 Å². The number of hydrogen-bond acceptors (Lipinski definition) is 5. The molecular weight excluding hydrogens is 390 g/mol. The fourth-order valence-electron chi connectivity index (χ4n) is 2.45. The number of carbonyl (C=O) groups excluding carboxylic acids is 1. The summed E-state index contributed by atoms with van der Waals surface area (Å²) >= 11 is 0. The van der Waals surface area contributed by atoms with Crippen LogP contribution in [0.4, 0.5) is 11.4 Å². The largest absolute Gasteiger partial charge is 0.497 e. The Morgan fingerprint density at radius 3 is 2.26 bits per heavy atom. The third-order valence-corrected chi connectivity index (χ3v) is 5.84. The van der Waals surface area contributed by atoms with Gasteiger partial charge in [0.15, 0.2) is 0 Å². The van der Waals surface area contributed by atoms with Crippen LogP contribution in [0.1, 0.15) is 18.4 Å². The number of amides is 1. The molecule has 0 aromatic heterocycles. The molecule has 146 valence electrons. The third-order valence-electron chi connectivity index (χ3n) is 4.32. The molecule has 0 aliphatic heterocycles. The van der Waals surface area contributed by atoms with Gasteiger partial charge in [-0.05, 0) is 61.7 Å². The zero-order valence-corrected chi connectivity index (χ0v) is 16.6. The zero-order chi connectivity index (χ0) is 18.9. The van der Waals surface area contributed by atoms with Gasteiger partial charge >= 0.3 is 0 Å². The zero-order valence-electron chi connectivity index (χ0n) is 15.0. The molecule has 0 atom stereocenters. The summed E-state index contributed by atoms with van der Waals surface area (Å²) in [6.45, 7) is 1.69. The Hall–Kier alpha value is -2.29. The minimum absolute atomic E-state index is 0. The van der Waals surface area contributed by atoms with Crippen molar-refractivity contribution >= 4 is 39.7 Å². The number of rotatable bonds is 6. The van der Waals surface area contributed by atoms with E-state index in [1.165, 1.54) is 13.2 Å². The van der Waals surface area contributed by atoms with E-state index in [9.17, 15) is 13.2 Å². The standard InChI is InChI=1S/C18H21N3O4S.ClH/c1-12-3-4-14(20-17(22)18(19)9-10-18)11-16(12)26(23,24)21-13-5-7-15(25-2)8-6-13;/h3-8,11,21H,9-10,19H2,1-2H3,(H,20,22);1H. The molecule has 0 saturated heterocycles. The number of hydrogen-bond donors (Lipinski definition) is 3. The van der Waals surface area contributed by atoms with Gasteiger partial charge in [0, 0.05) is 11.4 Å². The molecule has 0 unspecified atom stereocenters. The van der Waals surface area contributed by atoms with Crippen LogP contribution in [0.2, 0.25) is 0 Å². The number of methoxy groups -OCH3 is 1. The number of benzene rings is 2. The highest BCUT2D eigenvalue weighted by atomic mass is 35.5. The quantitative estimate of drug-likeness (QED) is 0.676. The average molecular weight is 412 g/mol. The first-order valence-electron chi connectivity index (χ1n) is 8.11. The van der Waals surface area contributed by atoms with E-state index in [4.69, 9.17) is 10.5 Å². The van der Waals surface area contributed by atoms with Crippen molar-refractivity contribution in [1.29, 1.82) is 0 Å². The molecule has 27 heavy (non-hydrogen) atoms. The topological polar surface area (TPSA) is 111 Å². The van der Waals surface area contributed by atoms with Crippen LogP contribution < -0.4 is 20.5 Å². The van der Waals surface area contributed by atoms with Crippen LogP contribution in [-0.2, 0) is 14.8 Å². The lowest BCUT2D eigenvalue weighted by Gasteiger charge is -2.14. The van der Waals surface area contributed by atoms with Crippen molar-refractivity contribution in [1.82, 2.24) is 0 Å². The number of aryl methyl sites for hydroxylation is 1. The first-order chi connectivity index (χ1) is 12.2. The van der Waals surface area contributed by atoms with Gasteiger partial charge in [-0.25, -0.2) is 8.42 Å². The number of carbonyl (C=O) groups is 1. The predicted molar refractivity (Wildman–Crippen MR) is 107 cm³/mol. The van der Waals surface area contributed by atoms with Crippen molar-refractivity contribution in [3.63, 3.8) is 0 Å². The lowest BCUT2D eigenvalue weighted by atomic mass is 10.2. The van der Waals surface area contributed by atoms with E-state index in [1.54, 1.807) is 43.3 Å². The Morgan fingerprint density at radius 1 is 1.11 bits per heavy atom. The Morgan fingerprint density at radius 2 is 1.70 bits per heavy atom. The number of anilines is 2. The number of nitrogens with one attached hydrogen (secondary N) is 2. The van der Waals surface area contributed by atoms with E-state index in [2.05, 4.69) is 10.0 Å². The second-order valence-corrected chi connectivity index (χ2v) is 8.08. The van der Waals surface area contributed by atoms with Crippen LogP contribution in [0.5, 0.6) is 5.75 Å². The normalized spacial score (nSPS) is 14.6. The van der Waals surface area contributed by atoms with Gasteiger partial charge in [-0.3, -0.25) is 9.52 Å². The minimum Gasteiger partial charge on any atom is -0.497 e. The van der Waals surface area contributed by atoms with Gasteiger partial charge in [0.25, 0.3) is 10.0 Å². The number of ether oxygens (including phenoxy) is 1. The lowest BCUT2D eigenvalue weighted by molar-refractivity contribution is -0.118. The monoisotopic (exact) mass is 411 g/mol. The maximum absolute atomic E-state index is 12.7. The molecule has 0 bridgehead atoms. The first kappa shape index (κ1) is 21.0. The molecule has 1 saturated carbocycles. The molecule has 3 rings (SSSR count). The van der Waals surface area contributed by atoms with Gasteiger partial charge in [-0.15, -0.1) is 12.4 Å². The molecule has 7 nitrogen and oxygen atoms in total. The van der Waals surface area contributed by atoms with Crippen LogP contribution in [0.25, 0.3) is 0 Å².